The zero-order valence-corrected chi connectivity index (χ0v) is 18.8. The molecule has 170 valence electrons. The summed E-state index contributed by atoms with van der Waals surface area (Å²) < 4.78 is 1.59. The summed E-state index contributed by atoms with van der Waals surface area (Å²) in [7, 11) is 0. The van der Waals surface area contributed by atoms with Crippen molar-refractivity contribution in [2.24, 2.45) is 0 Å². The fraction of sp³-hybridized carbons (Fsp3) is 0.480. The van der Waals surface area contributed by atoms with Crippen LogP contribution in [0.2, 0.25) is 0 Å². The molecular weight excluding hydrogens is 404 g/mol. The number of hydrogen-bond acceptors (Lipinski definition) is 4. The monoisotopic (exact) mass is 436 g/mol. The van der Waals surface area contributed by atoms with Gasteiger partial charge in [-0.1, -0.05) is 29.8 Å². The van der Waals surface area contributed by atoms with Gasteiger partial charge in [0.25, 0.3) is 11.5 Å². The van der Waals surface area contributed by atoms with Gasteiger partial charge in [0.15, 0.2) is 0 Å². The Labute approximate surface area is 189 Å². The fourth-order valence-electron chi connectivity index (χ4n) is 4.55. The van der Waals surface area contributed by atoms with Gasteiger partial charge in [-0.3, -0.25) is 19.3 Å². The second-order valence-corrected chi connectivity index (χ2v) is 8.85. The summed E-state index contributed by atoms with van der Waals surface area (Å²) in [6.07, 6.45) is 5.11. The van der Waals surface area contributed by atoms with E-state index >= 15 is 0 Å². The van der Waals surface area contributed by atoms with Gasteiger partial charge in [-0.15, -0.1) is 0 Å². The lowest BCUT2D eigenvalue weighted by molar-refractivity contribution is -0.133. The highest BCUT2D eigenvalue weighted by Crippen LogP contribution is 2.11. The van der Waals surface area contributed by atoms with Crippen LogP contribution in [0.25, 0.3) is 0 Å². The molecule has 0 bridgehead atoms. The number of piperidine rings is 1. The molecule has 2 saturated heterocycles. The molecule has 0 atom stereocenters. The molecule has 0 spiro atoms. The summed E-state index contributed by atoms with van der Waals surface area (Å²) in [6.45, 7) is 6.94. The average molecular weight is 437 g/mol. The quantitative estimate of drug-likeness (QED) is 0.719. The number of amides is 2. The first-order valence-electron chi connectivity index (χ1n) is 11.6. The number of carbonyl (C=O) groups excluding carboxylic acids is 2. The highest BCUT2D eigenvalue weighted by atomic mass is 16.2. The summed E-state index contributed by atoms with van der Waals surface area (Å²) in [5.74, 6) is -0.0397. The normalized spacial score (nSPS) is 17.4. The van der Waals surface area contributed by atoms with Crippen molar-refractivity contribution >= 4 is 11.8 Å². The van der Waals surface area contributed by atoms with Crippen molar-refractivity contribution in [2.45, 2.75) is 32.7 Å². The summed E-state index contributed by atoms with van der Waals surface area (Å²) in [5, 5.41) is 0. The summed E-state index contributed by atoms with van der Waals surface area (Å²) in [5.41, 5.74) is 2.11. The maximum Gasteiger partial charge on any atom is 0.263 e. The first-order chi connectivity index (χ1) is 15.5. The topological polar surface area (TPSA) is 65.9 Å². The lowest BCUT2D eigenvalue weighted by Crippen LogP contribution is -2.52. The van der Waals surface area contributed by atoms with E-state index in [0.717, 1.165) is 37.1 Å². The molecule has 1 aromatic heterocycles. The Morgan fingerprint density at radius 2 is 1.62 bits per heavy atom. The number of aryl methyl sites for hydroxylation is 1. The van der Waals surface area contributed by atoms with Crippen LogP contribution in [0.4, 0.5) is 0 Å². The predicted octanol–water partition coefficient (Wildman–Crippen LogP) is 1.98. The van der Waals surface area contributed by atoms with Crippen LogP contribution >= 0.6 is 0 Å². The molecule has 3 heterocycles. The van der Waals surface area contributed by atoms with Crippen molar-refractivity contribution in [1.82, 2.24) is 19.3 Å². The molecule has 0 unspecified atom stereocenters. The molecule has 1 aromatic carbocycles. The maximum atomic E-state index is 13.1. The third-order valence-corrected chi connectivity index (χ3v) is 6.41. The van der Waals surface area contributed by atoms with Gasteiger partial charge in [-0.25, -0.2) is 0 Å². The molecule has 0 aliphatic carbocycles. The van der Waals surface area contributed by atoms with Crippen molar-refractivity contribution < 1.29 is 9.59 Å². The predicted molar refractivity (Wildman–Crippen MR) is 124 cm³/mol. The number of aromatic nitrogens is 1. The van der Waals surface area contributed by atoms with Gasteiger partial charge in [0.1, 0.15) is 5.56 Å². The molecule has 4 rings (SSSR count). The van der Waals surface area contributed by atoms with E-state index in [1.165, 1.54) is 6.42 Å². The Morgan fingerprint density at radius 3 is 2.34 bits per heavy atom. The van der Waals surface area contributed by atoms with Crippen LogP contribution in [0.5, 0.6) is 0 Å². The number of piperazine rings is 1. The Morgan fingerprint density at radius 1 is 0.875 bits per heavy atom. The lowest BCUT2D eigenvalue weighted by Gasteiger charge is -2.36. The third kappa shape index (κ3) is 5.27. The Hall–Kier alpha value is -2.93. The summed E-state index contributed by atoms with van der Waals surface area (Å²) in [6, 6.07) is 11.4. The second kappa shape index (κ2) is 10.1. The van der Waals surface area contributed by atoms with Crippen LogP contribution in [-0.2, 0) is 11.3 Å². The Balaban J connectivity index is 1.36. The van der Waals surface area contributed by atoms with Crippen molar-refractivity contribution in [3.05, 3.63) is 69.6 Å². The maximum absolute atomic E-state index is 13.1. The second-order valence-electron chi connectivity index (χ2n) is 8.85. The van der Waals surface area contributed by atoms with E-state index in [2.05, 4.69) is 4.90 Å². The van der Waals surface area contributed by atoms with Gasteiger partial charge < -0.3 is 14.4 Å². The molecule has 0 radical (unpaired) electrons. The summed E-state index contributed by atoms with van der Waals surface area (Å²) in [4.78, 5) is 44.4. The average Bonchev–Trinajstić information content (AvgIpc) is 2.81. The fourth-order valence-corrected chi connectivity index (χ4v) is 4.55. The van der Waals surface area contributed by atoms with E-state index in [9.17, 15) is 14.4 Å². The zero-order chi connectivity index (χ0) is 22.5. The molecule has 2 aliphatic rings. The third-order valence-electron chi connectivity index (χ3n) is 6.41. The molecule has 32 heavy (non-hydrogen) atoms. The van der Waals surface area contributed by atoms with Gasteiger partial charge in [0.05, 0.1) is 13.1 Å². The standard InChI is InChI=1S/C25H32N4O3/c1-20-7-5-8-21(17-20)18-29-12-6-9-22(25(29)32)24(31)28-15-13-26(14-16-28)19-23(30)27-10-3-2-4-11-27/h5-9,12,17H,2-4,10-11,13-16,18-19H2,1H3. The van der Waals surface area contributed by atoms with Crippen LogP contribution in [0.3, 0.4) is 0 Å². The first kappa shape index (κ1) is 22.3. The number of pyridine rings is 1. The van der Waals surface area contributed by atoms with E-state index in [4.69, 9.17) is 0 Å². The van der Waals surface area contributed by atoms with Crippen LogP contribution in [0.1, 0.15) is 40.7 Å². The number of rotatable bonds is 5. The molecule has 2 aliphatic heterocycles. The molecule has 2 aromatic rings. The summed E-state index contributed by atoms with van der Waals surface area (Å²) >= 11 is 0. The van der Waals surface area contributed by atoms with E-state index in [-0.39, 0.29) is 22.9 Å². The minimum absolute atomic E-state index is 0.187. The van der Waals surface area contributed by atoms with Crippen LogP contribution in [-0.4, -0.2) is 76.9 Å². The highest BCUT2D eigenvalue weighted by Gasteiger charge is 2.26. The molecule has 7 heteroatoms. The van der Waals surface area contributed by atoms with E-state index < -0.39 is 0 Å². The first-order valence-corrected chi connectivity index (χ1v) is 11.6. The Kier molecular flexibility index (Phi) is 7.05. The molecule has 2 fully saturated rings. The van der Waals surface area contributed by atoms with Gasteiger partial charge in [0.2, 0.25) is 5.91 Å². The molecule has 0 N–H and O–H groups in total. The minimum Gasteiger partial charge on any atom is -0.342 e. The van der Waals surface area contributed by atoms with Crippen molar-refractivity contribution in [3.63, 3.8) is 0 Å². The molecule has 2 amide bonds. The number of likely N-dealkylation sites (tertiary alicyclic amines) is 1. The van der Waals surface area contributed by atoms with Gasteiger partial charge in [-0.2, -0.15) is 0 Å². The van der Waals surface area contributed by atoms with Gasteiger partial charge >= 0.3 is 0 Å². The number of benzene rings is 1. The smallest absolute Gasteiger partial charge is 0.263 e. The molecular formula is C25H32N4O3. The van der Waals surface area contributed by atoms with Crippen LogP contribution in [0.15, 0.2) is 47.4 Å². The Bertz CT molecular complexity index is 1020. The van der Waals surface area contributed by atoms with Crippen molar-refractivity contribution in [1.29, 1.82) is 0 Å². The SMILES string of the molecule is Cc1cccc(Cn2cccc(C(=O)N3CCN(CC(=O)N4CCCCC4)CC3)c2=O)c1. The minimum atomic E-state index is -0.262. The van der Waals surface area contributed by atoms with Crippen LogP contribution in [0, 0.1) is 6.92 Å². The molecule has 7 nitrogen and oxygen atoms in total. The lowest BCUT2D eigenvalue weighted by atomic mass is 10.1. The van der Waals surface area contributed by atoms with E-state index in [1.807, 2.05) is 36.1 Å². The number of nitrogens with zero attached hydrogens (tertiary/aromatic N) is 4. The number of hydrogen-bond donors (Lipinski definition) is 0. The number of carbonyl (C=O) groups is 2. The van der Waals surface area contributed by atoms with Crippen molar-refractivity contribution in [3.8, 4) is 0 Å². The molecule has 0 saturated carbocycles. The van der Waals surface area contributed by atoms with Gasteiger partial charge in [0, 0.05) is 45.5 Å². The van der Waals surface area contributed by atoms with E-state index in [1.54, 1.807) is 27.8 Å². The van der Waals surface area contributed by atoms with Crippen LogP contribution < -0.4 is 5.56 Å². The highest BCUT2D eigenvalue weighted by molar-refractivity contribution is 5.94. The zero-order valence-electron chi connectivity index (χ0n) is 18.8. The van der Waals surface area contributed by atoms with Crippen molar-refractivity contribution in [2.75, 3.05) is 45.8 Å². The largest absolute Gasteiger partial charge is 0.342 e. The van der Waals surface area contributed by atoms with Gasteiger partial charge in [-0.05, 0) is 43.9 Å². The van der Waals surface area contributed by atoms with E-state index in [0.29, 0.717) is 39.3 Å².